The Morgan fingerprint density at radius 3 is 2.50 bits per heavy atom. The van der Waals surface area contributed by atoms with Gasteiger partial charge in [0.25, 0.3) is 0 Å². The molecule has 1 fully saturated rings. The number of hydrogen-bond donors (Lipinski definition) is 2. The molecule has 3 N–H and O–H groups in total. The Balaban J connectivity index is 0.00000162. The largest absolute Gasteiger partial charge is 0.496 e. The number of methoxy groups -OCH3 is 1. The van der Waals surface area contributed by atoms with Gasteiger partial charge < -0.3 is 15.6 Å². The summed E-state index contributed by atoms with van der Waals surface area (Å²) < 4.78 is 5.29. The SMILES string of the molecule is COc1ccccc1[C@@H](N)[C@@H](O)C1CCCC1.Cl. The number of benzene rings is 1. The standard InChI is InChI=1S/C14H21NO2.ClH/c1-17-12-9-5-4-8-11(12)13(15)14(16)10-6-2-3-7-10;/h4-5,8-10,13-14,16H,2-3,6-7,15H2,1H3;1H/t13-,14+;/m1./s1. The Morgan fingerprint density at radius 1 is 1.28 bits per heavy atom. The van der Waals surface area contributed by atoms with E-state index in [9.17, 15) is 5.11 Å². The molecule has 2 atom stereocenters. The fourth-order valence-corrected chi connectivity index (χ4v) is 2.72. The molecule has 1 aliphatic carbocycles. The van der Waals surface area contributed by atoms with E-state index in [-0.39, 0.29) is 18.4 Å². The number of para-hydroxylation sites is 1. The van der Waals surface area contributed by atoms with Gasteiger partial charge >= 0.3 is 0 Å². The van der Waals surface area contributed by atoms with Crippen LogP contribution in [0.15, 0.2) is 24.3 Å². The molecule has 4 heteroatoms. The molecule has 1 aliphatic rings. The lowest BCUT2D eigenvalue weighted by atomic mass is 9.90. The van der Waals surface area contributed by atoms with Crippen molar-refractivity contribution < 1.29 is 9.84 Å². The van der Waals surface area contributed by atoms with Gasteiger partial charge in [-0.2, -0.15) is 0 Å². The number of rotatable bonds is 4. The van der Waals surface area contributed by atoms with Crippen molar-refractivity contribution in [1.82, 2.24) is 0 Å². The number of hydrogen-bond acceptors (Lipinski definition) is 3. The van der Waals surface area contributed by atoms with E-state index in [1.165, 1.54) is 12.8 Å². The maximum Gasteiger partial charge on any atom is 0.123 e. The number of nitrogens with two attached hydrogens (primary N) is 1. The summed E-state index contributed by atoms with van der Waals surface area (Å²) in [4.78, 5) is 0. The van der Waals surface area contributed by atoms with Crippen molar-refractivity contribution in [2.45, 2.75) is 37.8 Å². The van der Waals surface area contributed by atoms with Crippen LogP contribution in [0.4, 0.5) is 0 Å². The normalized spacial score (nSPS) is 19.1. The zero-order chi connectivity index (χ0) is 12.3. The first-order valence-electron chi connectivity index (χ1n) is 6.30. The Morgan fingerprint density at radius 2 is 1.89 bits per heavy atom. The van der Waals surface area contributed by atoms with Crippen LogP contribution in [0.1, 0.15) is 37.3 Å². The molecule has 2 rings (SSSR count). The summed E-state index contributed by atoms with van der Waals surface area (Å²) in [7, 11) is 1.63. The summed E-state index contributed by atoms with van der Waals surface area (Å²) in [6.45, 7) is 0. The van der Waals surface area contributed by atoms with Crippen molar-refractivity contribution in [2.24, 2.45) is 11.7 Å². The third-order valence-corrected chi connectivity index (χ3v) is 3.75. The second kappa shape index (κ2) is 6.98. The maximum atomic E-state index is 10.3. The fourth-order valence-electron chi connectivity index (χ4n) is 2.72. The van der Waals surface area contributed by atoms with Gasteiger partial charge in [0.1, 0.15) is 5.75 Å². The van der Waals surface area contributed by atoms with Gasteiger partial charge in [0, 0.05) is 5.56 Å². The molecule has 1 aromatic carbocycles. The summed E-state index contributed by atoms with van der Waals surface area (Å²) in [5, 5.41) is 10.3. The number of ether oxygens (including phenoxy) is 1. The van der Waals surface area contributed by atoms with Crippen molar-refractivity contribution in [1.29, 1.82) is 0 Å². The molecule has 1 saturated carbocycles. The molecule has 18 heavy (non-hydrogen) atoms. The van der Waals surface area contributed by atoms with E-state index >= 15 is 0 Å². The molecule has 0 bridgehead atoms. The predicted molar refractivity (Wildman–Crippen MR) is 75.1 cm³/mol. The lowest BCUT2D eigenvalue weighted by Crippen LogP contribution is -2.32. The number of halogens is 1. The highest BCUT2D eigenvalue weighted by atomic mass is 35.5. The summed E-state index contributed by atoms with van der Waals surface area (Å²) in [6.07, 6.45) is 4.13. The van der Waals surface area contributed by atoms with Crippen LogP contribution in [0.25, 0.3) is 0 Å². The first-order chi connectivity index (χ1) is 8.24. The molecule has 102 valence electrons. The highest BCUT2D eigenvalue weighted by molar-refractivity contribution is 5.85. The number of aliphatic hydroxyl groups excluding tert-OH is 1. The van der Waals surface area contributed by atoms with Gasteiger partial charge in [-0.15, -0.1) is 12.4 Å². The van der Waals surface area contributed by atoms with E-state index in [0.29, 0.717) is 5.92 Å². The van der Waals surface area contributed by atoms with E-state index in [2.05, 4.69) is 0 Å². The molecule has 0 amide bonds. The molecule has 0 radical (unpaired) electrons. The third-order valence-electron chi connectivity index (χ3n) is 3.75. The zero-order valence-corrected chi connectivity index (χ0v) is 11.5. The first kappa shape index (κ1) is 15.3. The monoisotopic (exact) mass is 271 g/mol. The third kappa shape index (κ3) is 3.16. The Hall–Kier alpha value is -0.770. The van der Waals surface area contributed by atoms with Crippen LogP contribution >= 0.6 is 12.4 Å². The molecule has 0 aromatic heterocycles. The van der Waals surface area contributed by atoms with Gasteiger partial charge in [-0.3, -0.25) is 0 Å². The molecule has 3 nitrogen and oxygen atoms in total. The van der Waals surface area contributed by atoms with Gasteiger partial charge in [0.05, 0.1) is 19.3 Å². The van der Waals surface area contributed by atoms with Crippen LogP contribution in [0.5, 0.6) is 5.75 Å². The van der Waals surface area contributed by atoms with Crippen molar-refractivity contribution in [3.8, 4) is 5.75 Å². The van der Waals surface area contributed by atoms with Gasteiger partial charge in [-0.25, -0.2) is 0 Å². The molecular weight excluding hydrogens is 250 g/mol. The Bertz CT molecular complexity index is 367. The lowest BCUT2D eigenvalue weighted by Gasteiger charge is -2.25. The molecular formula is C14H22ClNO2. The molecule has 0 aliphatic heterocycles. The van der Waals surface area contributed by atoms with Gasteiger partial charge in [-0.1, -0.05) is 31.0 Å². The minimum Gasteiger partial charge on any atom is -0.496 e. The van der Waals surface area contributed by atoms with Crippen LogP contribution in [-0.4, -0.2) is 18.3 Å². The van der Waals surface area contributed by atoms with Crippen molar-refractivity contribution >= 4 is 12.4 Å². The number of aliphatic hydroxyl groups is 1. The molecule has 0 heterocycles. The predicted octanol–water partition coefficient (Wildman–Crippen LogP) is 2.67. The topological polar surface area (TPSA) is 55.5 Å². The fraction of sp³-hybridized carbons (Fsp3) is 0.571. The first-order valence-corrected chi connectivity index (χ1v) is 6.30. The van der Waals surface area contributed by atoms with Gasteiger partial charge in [0.15, 0.2) is 0 Å². The van der Waals surface area contributed by atoms with E-state index in [4.69, 9.17) is 10.5 Å². The molecule has 0 unspecified atom stereocenters. The van der Waals surface area contributed by atoms with Gasteiger partial charge in [-0.05, 0) is 24.8 Å². The Labute approximate surface area is 115 Å². The zero-order valence-electron chi connectivity index (χ0n) is 10.7. The highest BCUT2D eigenvalue weighted by Gasteiger charge is 2.29. The second-order valence-corrected chi connectivity index (χ2v) is 4.80. The molecule has 1 aromatic rings. The summed E-state index contributed by atoms with van der Waals surface area (Å²) in [5.74, 6) is 1.10. The average molecular weight is 272 g/mol. The molecule has 0 saturated heterocycles. The van der Waals surface area contributed by atoms with Crippen molar-refractivity contribution in [3.05, 3.63) is 29.8 Å². The van der Waals surface area contributed by atoms with E-state index in [1.54, 1.807) is 7.11 Å². The van der Waals surface area contributed by atoms with Gasteiger partial charge in [0.2, 0.25) is 0 Å². The molecule has 0 spiro atoms. The van der Waals surface area contributed by atoms with Crippen LogP contribution in [0, 0.1) is 5.92 Å². The minimum atomic E-state index is -0.464. The summed E-state index contributed by atoms with van der Waals surface area (Å²) in [6, 6.07) is 7.31. The van der Waals surface area contributed by atoms with Crippen LogP contribution < -0.4 is 10.5 Å². The maximum absolute atomic E-state index is 10.3. The quantitative estimate of drug-likeness (QED) is 0.885. The van der Waals surface area contributed by atoms with Crippen molar-refractivity contribution in [2.75, 3.05) is 7.11 Å². The minimum absolute atomic E-state index is 0. The van der Waals surface area contributed by atoms with Crippen LogP contribution in [-0.2, 0) is 0 Å². The van der Waals surface area contributed by atoms with E-state index in [1.807, 2.05) is 24.3 Å². The van der Waals surface area contributed by atoms with E-state index in [0.717, 1.165) is 24.2 Å². The lowest BCUT2D eigenvalue weighted by molar-refractivity contribution is 0.0836. The van der Waals surface area contributed by atoms with E-state index < -0.39 is 6.10 Å². The van der Waals surface area contributed by atoms with Crippen LogP contribution in [0.3, 0.4) is 0 Å². The smallest absolute Gasteiger partial charge is 0.123 e. The highest BCUT2D eigenvalue weighted by Crippen LogP contribution is 2.34. The van der Waals surface area contributed by atoms with Crippen molar-refractivity contribution in [3.63, 3.8) is 0 Å². The Kier molecular flexibility index (Phi) is 5.93. The average Bonchev–Trinajstić information content (AvgIpc) is 2.90. The van der Waals surface area contributed by atoms with Crippen LogP contribution in [0.2, 0.25) is 0 Å². The summed E-state index contributed by atoms with van der Waals surface area (Å²) >= 11 is 0. The summed E-state index contributed by atoms with van der Waals surface area (Å²) in [5.41, 5.74) is 7.06. The second-order valence-electron chi connectivity index (χ2n) is 4.80.